The molecule has 0 aliphatic rings. The average molecular weight is 255 g/mol. The normalized spacial score (nSPS) is 10.2. The van der Waals surface area contributed by atoms with Crippen LogP contribution in [-0.2, 0) is 22.4 Å². The minimum absolute atomic E-state index is 0.222. The van der Waals surface area contributed by atoms with Crippen LogP contribution in [0.5, 0.6) is 0 Å². The first kappa shape index (κ1) is 13.1. The molecule has 3 nitrogen and oxygen atoms in total. The molecule has 0 heterocycles. The molecular formula is C16H17NO2. The van der Waals surface area contributed by atoms with Gasteiger partial charge in [0.1, 0.15) is 0 Å². The molecule has 0 fully saturated rings. The van der Waals surface area contributed by atoms with E-state index in [1.54, 1.807) is 0 Å². The number of nitrogens with two attached hydrogens (primary N) is 1. The lowest BCUT2D eigenvalue weighted by Crippen LogP contribution is -2.04. The van der Waals surface area contributed by atoms with Crippen LogP contribution in [0, 0.1) is 0 Å². The van der Waals surface area contributed by atoms with E-state index in [9.17, 15) is 4.79 Å². The predicted octanol–water partition coefficient (Wildman–Crippen LogP) is 2.58. The van der Waals surface area contributed by atoms with E-state index in [4.69, 9.17) is 5.73 Å². The number of esters is 1. The van der Waals surface area contributed by atoms with Crippen molar-refractivity contribution in [1.29, 1.82) is 0 Å². The third-order valence-corrected chi connectivity index (χ3v) is 3.05. The summed E-state index contributed by atoms with van der Waals surface area (Å²) in [5, 5.41) is 0. The molecule has 0 aliphatic carbocycles. The van der Waals surface area contributed by atoms with Crippen LogP contribution >= 0.6 is 0 Å². The van der Waals surface area contributed by atoms with Crippen LogP contribution in [0.15, 0.2) is 48.5 Å². The quantitative estimate of drug-likeness (QED) is 0.675. The number of para-hydroxylation sites is 1. The smallest absolute Gasteiger partial charge is 0.309 e. The molecule has 0 bridgehead atoms. The summed E-state index contributed by atoms with van der Waals surface area (Å²) in [5.41, 5.74) is 9.97. The van der Waals surface area contributed by atoms with Crippen molar-refractivity contribution in [2.45, 2.75) is 12.8 Å². The van der Waals surface area contributed by atoms with Gasteiger partial charge in [0.05, 0.1) is 13.5 Å². The largest absolute Gasteiger partial charge is 0.469 e. The van der Waals surface area contributed by atoms with Gasteiger partial charge in [0, 0.05) is 5.69 Å². The van der Waals surface area contributed by atoms with Crippen LogP contribution in [0.3, 0.4) is 0 Å². The second-order valence-corrected chi connectivity index (χ2v) is 4.44. The van der Waals surface area contributed by atoms with Gasteiger partial charge >= 0.3 is 5.97 Å². The molecule has 98 valence electrons. The molecule has 2 rings (SSSR count). The summed E-state index contributed by atoms with van der Waals surface area (Å²) in [4.78, 5) is 11.2. The Labute approximate surface area is 113 Å². The van der Waals surface area contributed by atoms with Gasteiger partial charge in [0.25, 0.3) is 0 Å². The second-order valence-electron chi connectivity index (χ2n) is 4.44. The van der Waals surface area contributed by atoms with Gasteiger partial charge in [-0.2, -0.15) is 0 Å². The van der Waals surface area contributed by atoms with E-state index >= 15 is 0 Å². The Morgan fingerprint density at radius 1 is 1.05 bits per heavy atom. The molecule has 0 aromatic heterocycles. The summed E-state index contributed by atoms with van der Waals surface area (Å²) < 4.78 is 4.64. The minimum atomic E-state index is -0.222. The second kappa shape index (κ2) is 6.05. The van der Waals surface area contributed by atoms with Crippen molar-refractivity contribution in [2.24, 2.45) is 0 Å². The van der Waals surface area contributed by atoms with Crippen molar-refractivity contribution >= 4 is 11.7 Å². The molecule has 0 saturated heterocycles. The number of anilines is 1. The maximum atomic E-state index is 11.2. The number of rotatable bonds is 4. The fourth-order valence-electron chi connectivity index (χ4n) is 1.93. The van der Waals surface area contributed by atoms with Crippen LogP contribution < -0.4 is 5.73 Å². The fourth-order valence-corrected chi connectivity index (χ4v) is 1.93. The maximum absolute atomic E-state index is 11.2. The van der Waals surface area contributed by atoms with E-state index in [0.717, 1.165) is 23.2 Å². The standard InChI is InChI=1S/C16H17NO2/c1-19-16(18)11-13-8-6-12(7-9-13)10-14-4-2-3-5-15(14)17/h2-9H,10-11,17H2,1H3. The fraction of sp³-hybridized carbons (Fsp3) is 0.188. The number of methoxy groups -OCH3 is 1. The number of carbonyl (C=O) groups excluding carboxylic acids is 1. The number of nitrogen functional groups attached to an aromatic ring is 1. The van der Waals surface area contributed by atoms with Crippen molar-refractivity contribution in [3.63, 3.8) is 0 Å². The highest BCUT2D eigenvalue weighted by Crippen LogP contribution is 2.16. The first-order valence-electron chi connectivity index (χ1n) is 6.17. The number of carbonyl (C=O) groups is 1. The molecule has 19 heavy (non-hydrogen) atoms. The molecular weight excluding hydrogens is 238 g/mol. The van der Waals surface area contributed by atoms with Crippen molar-refractivity contribution in [2.75, 3.05) is 12.8 Å². The van der Waals surface area contributed by atoms with Crippen molar-refractivity contribution in [3.8, 4) is 0 Å². The molecule has 0 amide bonds. The maximum Gasteiger partial charge on any atom is 0.309 e. The zero-order valence-corrected chi connectivity index (χ0v) is 10.9. The summed E-state index contributed by atoms with van der Waals surface area (Å²) in [6.07, 6.45) is 1.11. The first-order chi connectivity index (χ1) is 9.19. The molecule has 2 aromatic rings. The molecule has 3 heteroatoms. The molecule has 2 N–H and O–H groups in total. The summed E-state index contributed by atoms with van der Waals surface area (Å²) in [5.74, 6) is -0.222. The molecule has 0 saturated carbocycles. The monoisotopic (exact) mass is 255 g/mol. The lowest BCUT2D eigenvalue weighted by molar-refractivity contribution is -0.139. The number of benzene rings is 2. The molecule has 0 unspecified atom stereocenters. The SMILES string of the molecule is COC(=O)Cc1ccc(Cc2ccccc2N)cc1. The third-order valence-electron chi connectivity index (χ3n) is 3.05. The summed E-state index contributed by atoms with van der Waals surface area (Å²) in [6, 6.07) is 15.8. The van der Waals surface area contributed by atoms with Gasteiger partial charge in [-0.05, 0) is 29.2 Å². The van der Waals surface area contributed by atoms with Gasteiger partial charge in [-0.3, -0.25) is 4.79 Å². The van der Waals surface area contributed by atoms with Gasteiger partial charge in [0.2, 0.25) is 0 Å². The highest BCUT2D eigenvalue weighted by molar-refractivity contribution is 5.72. The summed E-state index contributed by atoms with van der Waals surface area (Å²) >= 11 is 0. The van der Waals surface area contributed by atoms with E-state index in [1.165, 1.54) is 12.7 Å². The van der Waals surface area contributed by atoms with Crippen LogP contribution in [0.2, 0.25) is 0 Å². The number of ether oxygens (including phenoxy) is 1. The highest BCUT2D eigenvalue weighted by atomic mass is 16.5. The van der Waals surface area contributed by atoms with E-state index in [0.29, 0.717) is 6.42 Å². The summed E-state index contributed by atoms with van der Waals surface area (Å²) in [6.45, 7) is 0. The van der Waals surface area contributed by atoms with Crippen molar-refractivity contribution in [3.05, 3.63) is 65.2 Å². The molecule has 2 aromatic carbocycles. The Bertz CT molecular complexity index is 561. The lowest BCUT2D eigenvalue weighted by atomic mass is 10.0. The topological polar surface area (TPSA) is 52.3 Å². The van der Waals surface area contributed by atoms with E-state index in [2.05, 4.69) is 4.74 Å². The van der Waals surface area contributed by atoms with Crippen molar-refractivity contribution in [1.82, 2.24) is 0 Å². The first-order valence-corrected chi connectivity index (χ1v) is 6.17. The van der Waals surface area contributed by atoms with E-state index < -0.39 is 0 Å². The molecule has 0 atom stereocenters. The van der Waals surface area contributed by atoms with Gasteiger partial charge < -0.3 is 10.5 Å². The van der Waals surface area contributed by atoms with Gasteiger partial charge in [-0.25, -0.2) is 0 Å². The Kier molecular flexibility index (Phi) is 4.18. The van der Waals surface area contributed by atoms with Crippen LogP contribution in [0.1, 0.15) is 16.7 Å². The van der Waals surface area contributed by atoms with Gasteiger partial charge in [0.15, 0.2) is 0 Å². The van der Waals surface area contributed by atoms with Crippen LogP contribution in [-0.4, -0.2) is 13.1 Å². The minimum Gasteiger partial charge on any atom is -0.469 e. The molecule has 0 spiro atoms. The lowest BCUT2D eigenvalue weighted by Gasteiger charge is -2.06. The van der Waals surface area contributed by atoms with Crippen LogP contribution in [0.4, 0.5) is 5.69 Å². The Morgan fingerprint density at radius 3 is 2.32 bits per heavy atom. The highest BCUT2D eigenvalue weighted by Gasteiger charge is 2.04. The molecule has 0 radical (unpaired) electrons. The Hall–Kier alpha value is -2.29. The zero-order chi connectivity index (χ0) is 13.7. The predicted molar refractivity (Wildman–Crippen MR) is 75.8 cm³/mol. The number of hydrogen-bond acceptors (Lipinski definition) is 3. The van der Waals surface area contributed by atoms with E-state index in [1.807, 2.05) is 48.5 Å². The number of hydrogen-bond donors (Lipinski definition) is 1. The van der Waals surface area contributed by atoms with Crippen molar-refractivity contribution < 1.29 is 9.53 Å². The Balaban J connectivity index is 2.07. The van der Waals surface area contributed by atoms with Crippen LogP contribution in [0.25, 0.3) is 0 Å². The Morgan fingerprint density at radius 2 is 1.68 bits per heavy atom. The van der Waals surface area contributed by atoms with E-state index in [-0.39, 0.29) is 5.97 Å². The third kappa shape index (κ3) is 3.58. The average Bonchev–Trinajstić information content (AvgIpc) is 2.43. The summed E-state index contributed by atoms with van der Waals surface area (Å²) in [7, 11) is 1.40. The van der Waals surface area contributed by atoms with Gasteiger partial charge in [-0.1, -0.05) is 42.5 Å². The van der Waals surface area contributed by atoms with Gasteiger partial charge in [-0.15, -0.1) is 0 Å². The molecule has 0 aliphatic heterocycles. The zero-order valence-electron chi connectivity index (χ0n) is 10.9.